The van der Waals surface area contributed by atoms with Gasteiger partial charge in [0.15, 0.2) is 0 Å². The number of carboxylic acids is 1. The number of rotatable bonds is 6. The van der Waals surface area contributed by atoms with Crippen molar-refractivity contribution < 1.29 is 14.6 Å². The molecule has 2 aliphatic heterocycles. The highest BCUT2D eigenvalue weighted by atomic mass is 16.5. The molecule has 196 valence electrons. The van der Waals surface area contributed by atoms with E-state index < -0.39 is 5.97 Å². The lowest BCUT2D eigenvalue weighted by Crippen LogP contribution is -2.33. The van der Waals surface area contributed by atoms with Crippen molar-refractivity contribution in [3.63, 3.8) is 0 Å². The van der Waals surface area contributed by atoms with E-state index in [-0.39, 0.29) is 0 Å². The van der Waals surface area contributed by atoms with Gasteiger partial charge in [-0.3, -0.25) is 4.90 Å². The molecule has 1 N–H and O–H groups in total. The molecule has 0 bridgehead atoms. The smallest absolute Gasteiger partial charge is 0.335 e. The number of likely N-dealkylation sites (N-methyl/N-ethyl adjacent to an activating group) is 1. The number of benzene rings is 2. The van der Waals surface area contributed by atoms with Gasteiger partial charge >= 0.3 is 5.97 Å². The van der Waals surface area contributed by atoms with Crippen LogP contribution in [0.4, 0.5) is 0 Å². The Morgan fingerprint density at radius 3 is 2.62 bits per heavy atom. The summed E-state index contributed by atoms with van der Waals surface area (Å²) < 4.78 is 8.24. The molecule has 6 rings (SSSR count). The summed E-state index contributed by atoms with van der Waals surface area (Å²) in [7, 11) is 6.05. The first-order chi connectivity index (χ1) is 18.0. The van der Waals surface area contributed by atoms with Crippen LogP contribution in [0.25, 0.3) is 22.2 Å². The number of aromatic carboxylic acids is 1. The average molecular weight is 502 g/mol. The predicted molar refractivity (Wildman–Crippen MR) is 148 cm³/mol. The fraction of sp³-hybridized carbons (Fsp3) is 0.516. The molecule has 37 heavy (non-hydrogen) atoms. The number of carbonyl (C=O) groups is 1. The van der Waals surface area contributed by atoms with E-state index >= 15 is 0 Å². The summed E-state index contributed by atoms with van der Waals surface area (Å²) in [6.07, 6.45) is 7.41. The van der Waals surface area contributed by atoms with Crippen molar-refractivity contribution in [2.24, 2.45) is 5.92 Å². The van der Waals surface area contributed by atoms with Crippen molar-refractivity contribution >= 4 is 16.9 Å². The summed E-state index contributed by atoms with van der Waals surface area (Å²) in [5.41, 5.74) is 6.90. The Kier molecular flexibility index (Phi) is 6.49. The molecule has 1 saturated carbocycles. The van der Waals surface area contributed by atoms with Gasteiger partial charge in [0.05, 0.1) is 18.4 Å². The minimum atomic E-state index is -0.857. The molecular formula is C31H39N3O3. The zero-order valence-corrected chi connectivity index (χ0v) is 22.4. The lowest BCUT2D eigenvalue weighted by atomic mass is 9.81. The van der Waals surface area contributed by atoms with Crippen LogP contribution in [0, 0.1) is 5.92 Å². The molecule has 2 atom stereocenters. The summed E-state index contributed by atoms with van der Waals surface area (Å²) >= 11 is 0. The number of ether oxygens (including phenoxy) is 1. The molecule has 1 aromatic heterocycles. The van der Waals surface area contributed by atoms with Crippen LogP contribution in [-0.4, -0.2) is 66.3 Å². The molecule has 1 saturated heterocycles. The van der Waals surface area contributed by atoms with Crippen LogP contribution >= 0.6 is 0 Å². The second kappa shape index (κ2) is 9.80. The molecule has 6 heteroatoms. The van der Waals surface area contributed by atoms with Gasteiger partial charge in [0.2, 0.25) is 0 Å². The topological polar surface area (TPSA) is 57.9 Å². The summed E-state index contributed by atoms with van der Waals surface area (Å²) in [4.78, 5) is 16.9. The number of fused-ring (bicyclic) bond motifs is 7. The predicted octanol–water partition coefficient (Wildman–Crippen LogP) is 6.00. The number of likely N-dealkylation sites (tertiary alicyclic amines) is 1. The Labute approximate surface area is 219 Å². The zero-order valence-electron chi connectivity index (χ0n) is 22.4. The fourth-order valence-corrected chi connectivity index (χ4v) is 7.30. The molecule has 2 fully saturated rings. The van der Waals surface area contributed by atoms with Gasteiger partial charge in [-0.2, -0.15) is 0 Å². The number of methoxy groups -OCH3 is 1. The van der Waals surface area contributed by atoms with E-state index in [2.05, 4.69) is 52.7 Å². The van der Waals surface area contributed by atoms with Crippen LogP contribution in [0.5, 0.6) is 5.75 Å². The first-order valence-electron chi connectivity index (χ1n) is 13.9. The maximum Gasteiger partial charge on any atom is 0.335 e. The van der Waals surface area contributed by atoms with Crippen LogP contribution in [0.15, 0.2) is 36.4 Å². The van der Waals surface area contributed by atoms with Crippen LogP contribution < -0.4 is 4.74 Å². The molecule has 3 aliphatic rings. The van der Waals surface area contributed by atoms with E-state index in [1.807, 2.05) is 6.07 Å². The zero-order chi connectivity index (χ0) is 25.7. The quantitative estimate of drug-likeness (QED) is 0.449. The van der Waals surface area contributed by atoms with Crippen molar-refractivity contribution in [1.29, 1.82) is 0 Å². The van der Waals surface area contributed by atoms with Crippen molar-refractivity contribution in [2.75, 3.05) is 40.8 Å². The maximum absolute atomic E-state index is 12.0. The normalized spacial score (nSPS) is 22.1. The molecular weight excluding hydrogens is 462 g/mol. The standard InChI is InChI=1S/C31H39N3O3/c1-32(2)15-16-33-14-13-22-19-34-27-17-21(31(35)36)9-11-25(27)28(20-7-5-4-6-8-20)30(34)24-12-10-23(37-3)18-26(24)29(22)33/h9-12,17-18,20,22,29H,4-8,13-16,19H2,1-3H3,(H,35,36)/t22-,29+/m1/s1. The summed E-state index contributed by atoms with van der Waals surface area (Å²) in [6, 6.07) is 12.8. The third-order valence-corrected chi connectivity index (χ3v) is 9.08. The molecule has 0 radical (unpaired) electrons. The maximum atomic E-state index is 12.0. The Morgan fingerprint density at radius 2 is 1.89 bits per heavy atom. The molecule has 0 spiro atoms. The fourth-order valence-electron chi connectivity index (χ4n) is 7.30. The molecule has 2 aromatic carbocycles. The molecule has 0 unspecified atom stereocenters. The second-order valence-electron chi connectivity index (χ2n) is 11.5. The second-order valence-corrected chi connectivity index (χ2v) is 11.5. The lowest BCUT2D eigenvalue weighted by Gasteiger charge is -2.30. The van der Waals surface area contributed by atoms with E-state index in [0.29, 0.717) is 23.4 Å². The highest BCUT2D eigenvalue weighted by Crippen LogP contribution is 2.52. The van der Waals surface area contributed by atoms with Gasteiger partial charge in [-0.25, -0.2) is 4.79 Å². The van der Waals surface area contributed by atoms with Gasteiger partial charge in [-0.1, -0.05) is 25.3 Å². The van der Waals surface area contributed by atoms with Crippen LogP contribution in [0.2, 0.25) is 0 Å². The molecule has 3 heterocycles. The third kappa shape index (κ3) is 4.24. The van der Waals surface area contributed by atoms with E-state index in [4.69, 9.17) is 4.74 Å². The number of carboxylic acid groups (broad SMARTS) is 1. The van der Waals surface area contributed by atoms with E-state index in [9.17, 15) is 9.90 Å². The SMILES string of the molecule is COc1ccc2c(c1)[C@@H]1[C@H](CCN1CCN(C)C)Cn1c-2c(C2CCCCC2)c2ccc(C(=O)O)cc21. The van der Waals surface area contributed by atoms with Crippen LogP contribution in [-0.2, 0) is 6.54 Å². The molecule has 6 nitrogen and oxygen atoms in total. The first-order valence-corrected chi connectivity index (χ1v) is 13.9. The Hall–Kier alpha value is -2.83. The van der Waals surface area contributed by atoms with Gasteiger partial charge in [-0.15, -0.1) is 0 Å². The Bertz CT molecular complexity index is 1320. The monoisotopic (exact) mass is 501 g/mol. The molecule has 3 aromatic rings. The highest BCUT2D eigenvalue weighted by Gasteiger charge is 2.41. The molecule has 1 aliphatic carbocycles. The Morgan fingerprint density at radius 1 is 1.08 bits per heavy atom. The summed E-state index contributed by atoms with van der Waals surface area (Å²) in [5.74, 6) is 1.04. The summed E-state index contributed by atoms with van der Waals surface area (Å²) in [5, 5.41) is 11.1. The van der Waals surface area contributed by atoms with E-state index in [1.54, 1.807) is 13.2 Å². The van der Waals surface area contributed by atoms with Gasteiger partial charge in [0.1, 0.15) is 5.75 Å². The van der Waals surface area contributed by atoms with Gasteiger partial charge < -0.3 is 19.3 Å². The van der Waals surface area contributed by atoms with Crippen molar-refractivity contribution in [2.45, 2.75) is 57.0 Å². The van der Waals surface area contributed by atoms with E-state index in [1.165, 1.54) is 59.9 Å². The van der Waals surface area contributed by atoms with Crippen LogP contribution in [0.1, 0.15) is 72.0 Å². The van der Waals surface area contributed by atoms with Gasteiger partial charge in [0, 0.05) is 42.1 Å². The average Bonchev–Trinajstić information content (AvgIpc) is 3.42. The van der Waals surface area contributed by atoms with Gasteiger partial charge in [0.25, 0.3) is 0 Å². The minimum absolute atomic E-state index is 0.335. The van der Waals surface area contributed by atoms with Crippen molar-refractivity contribution in [3.05, 3.63) is 53.1 Å². The lowest BCUT2D eigenvalue weighted by molar-refractivity contribution is 0.0697. The number of nitrogens with zero attached hydrogens (tertiary/aromatic N) is 3. The first kappa shape index (κ1) is 24.5. The van der Waals surface area contributed by atoms with Crippen molar-refractivity contribution in [1.82, 2.24) is 14.4 Å². The summed E-state index contributed by atoms with van der Waals surface area (Å²) in [6.45, 7) is 4.08. The van der Waals surface area contributed by atoms with Crippen LogP contribution in [0.3, 0.4) is 0 Å². The van der Waals surface area contributed by atoms with E-state index in [0.717, 1.165) is 43.9 Å². The third-order valence-electron chi connectivity index (χ3n) is 9.08. The van der Waals surface area contributed by atoms with Crippen molar-refractivity contribution in [3.8, 4) is 17.0 Å². The largest absolute Gasteiger partial charge is 0.497 e. The number of hydrogen-bond donors (Lipinski definition) is 1. The minimum Gasteiger partial charge on any atom is -0.497 e. The number of hydrogen-bond acceptors (Lipinski definition) is 4. The molecule has 0 amide bonds. The van der Waals surface area contributed by atoms with Gasteiger partial charge in [-0.05, 0) is 93.2 Å². The highest BCUT2D eigenvalue weighted by molar-refractivity contribution is 5.98. The number of aromatic nitrogens is 1. The Balaban J connectivity index is 1.60.